The largest absolute Gasteiger partial charge is 0.467 e. The standard InChI is InChI=1S/C25H25N3O3S2/c1-15-9-10-19(16(2)12-15)26-21(29)14-32-25-27-23-22(18-7-3-4-8-20(18)33-23)24(30)28(25)13-17-6-5-11-31-17/h5-6,9-12H,3-4,7-8,13-14H2,1-2H3,(H,26,29). The van der Waals surface area contributed by atoms with Crippen LogP contribution < -0.4 is 10.9 Å². The molecule has 0 saturated carbocycles. The highest BCUT2D eigenvalue weighted by atomic mass is 32.2. The van der Waals surface area contributed by atoms with Crippen molar-refractivity contribution in [1.29, 1.82) is 0 Å². The number of fused-ring (bicyclic) bond motifs is 3. The molecule has 0 spiro atoms. The summed E-state index contributed by atoms with van der Waals surface area (Å²) in [6, 6.07) is 9.59. The van der Waals surface area contributed by atoms with Gasteiger partial charge in [0.1, 0.15) is 10.6 Å². The van der Waals surface area contributed by atoms with Crippen molar-refractivity contribution in [3.8, 4) is 0 Å². The topological polar surface area (TPSA) is 77.1 Å². The van der Waals surface area contributed by atoms with Gasteiger partial charge >= 0.3 is 0 Å². The van der Waals surface area contributed by atoms with Crippen LogP contribution in [0.4, 0.5) is 5.69 Å². The Morgan fingerprint density at radius 3 is 2.88 bits per heavy atom. The molecule has 1 aliphatic rings. The average Bonchev–Trinajstić information content (AvgIpc) is 3.44. The average molecular weight is 480 g/mol. The first-order chi connectivity index (χ1) is 16.0. The zero-order chi connectivity index (χ0) is 22.9. The van der Waals surface area contributed by atoms with Crippen molar-refractivity contribution >= 4 is 44.9 Å². The molecular weight excluding hydrogens is 454 g/mol. The lowest BCUT2D eigenvalue weighted by atomic mass is 9.97. The molecule has 1 amide bonds. The molecule has 0 fully saturated rings. The summed E-state index contributed by atoms with van der Waals surface area (Å²) in [6.07, 6.45) is 5.79. The number of nitrogens with one attached hydrogen (secondary N) is 1. The summed E-state index contributed by atoms with van der Waals surface area (Å²) in [5.74, 6) is 0.717. The normalized spacial score (nSPS) is 13.3. The minimum absolute atomic E-state index is 0.0481. The Kier molecular flexibility index (Phi) is 6.12. The molecule has 6 nitrogen and oxygen atoms in total. The summed E-state index contributed by atoms with van der Waals surface area (Å²) in [5.41, 5.74) is 4.09. The van der Waals surface area contributed by atoms with Crippen LogP contribution in [0.15, 0.2) is 51.0 Å². The molecule has 0 aliphatic heterocycles. The van der Waals surface area contributed by atoms with Crippen LogP contribution in [0.1, 0.15) is 40.2 Å². The van der Waals surface area contributed by atoms with Crippen molar-refractivity contribution in [3.05, 3.63) is 74.3 Å². The highest BCUT2D eigenvalue weighted by molar-refractivity contribution is 7.99. The van der Waals surface area contributed by atoms with Gasteiger partial charge in [-0.3, -0.25) is 14.2 Å². The second-order valence-electron chi connectivity index (χ2n) is 8.41. The van der Waals surface area contributed by atoms with Gasteiger partial charge in [0.2, 0.25) is 5.91 Å². The molecule has 33 heavy (non-hydrogen) atoms. The maximum Gasteiger partial charge on any atom is 0.263 e. The molecule has 0 unspecified atom stereocenters. The molecule has 1 aromatic carbocycles. The van der Waals surface area contributed by atoms with Crippen molar-refractivity contribution in [2.75, 3.05) is 11.1 Å². The number of nitrogens with zero attached hydrogens (tertiary/aromatic N) is 2. The number of rotatable bonds is 6. The van der Waals surface area contributed by atoms with E-state index in [4.69, 9.17) is 9.40 Å². The highest BCUT2D eigenvalue weighted by Crippen LogP contribution is 2.35. The van der Waals surface area contributed by atoms with Gasteiger partial charge in [-0.1, -0.05) is 29.5 Å². The van der Waals surface area contributed by atoms with Crippen LogP contribution in [-0.2, 0) is 24.2 Å². The number of carbonyl (C=O) groups is 1. The van der Waals surface area contributed by atoms with Crippen molar-refractivity contribution in [2.24, 2.45) is 0 Å². The van der Waals surface area contributed by atoms with Gasteiger partial charge in [0.25, 0.3) is 5.56 Å². The number of aryl methyl sites for hydroxylation is 4. The lowest BCUT2D eigenvalue weighted by molar-refractivity contribution is -0.113. The van der Waals surface area contributed by atoms with Crippen LogP contribution in [0.5, 0.6) is 0 Å². The quantitative estimate of drug-likeness (QED) is 0.299. The van der Waals surface area contributed by atoms with Crippen LogP contribution in [0, 0.1) is 13.8 Å². The molecule has 0 bridgehead atoms. The molecule has 1 N–H and O–H groups in total. The number of hydrogen-bond donors (Lipinski definition) is 1. The molecule has 0 radical (unpaired) electrons. The third-order valence-corrected chi connectivity index (χ3v) is 8.08. The van der Waals surface area contributed by atoms with Gasteiger partial charge in [-0.05, 0) is 68.9 Å². The fourth-order valence-corrected chi connectivity index (χ4v) is 6.40. The van der Waals surface area contributed by atoms with Gasteiger partial charge in [0, 0.05) is 10.6 Å². The predicted molar refractivity (Wildman–Crippen MR) is 134 cm³/mol. The number of carbonyl (C=O) groups excluding carboxylic acids is 1. The first-order valence-corrected chi connectivity index (χ1v) is 12.9. The molecule has 1 aliphatic carbocycles. The van der Waals surface area contributed by atoms with Crippen LogP contribution in [0.3, 0.4) is 0 Å². The zero-order valence-electron chi connectivity index (χ0n) is 18.6. The molecule has 4 aromatic rings. The number of benzene rings is 1. The molecule has 170 valence electrons. The Morgan fingerprint density at radius 2 is 2.09 bits per heavy atom. The second kappa shape index (κ2) is 9.19. The van der Waals surface area contributed by atoms with E-state index in [0.717, 1.165) is 58.3 Å². The van der Waals surface area contributed by atoms with Gasteiger partial charge in [-0.15, -0.1) is 11.3 Å². The summed E-state index contributed by atoms with van der Waals surface area (Å²) < 4.78 is 7.16. The van der Waals surface area contributed by atoms with Gasteiger partial charge in [-0.25, -0.2) is 4.98 Å². The minimum atomic E-state index is -0.128. The van der Waals surface area contributed by atoms with Crippen molar-refractivity contribution in [1.82, 2.24) is 9.55 Å². The van der Waals surface area contributed by atoms with E-state index in [9.17, 15) is 9.59 Å². The predicted octanol–water partition coefficient (Wildman–Crippen LogP) is 5.33. The summed E-state index contributed by atoms with van der Waals surface area (Å²) in [6.45, 7) is 4.29. The van der Waals surface area contributed by atoms with Crippen LogP contribution in [0.25, 0.3) is 10.2 Å². The Balaban J connectivity index is 1.45. The maximum absolute atomic E-state index is 13.6. The maximum atomic E-state index is 13.6. The van der Waals surface area contributed by atoms with Gasteiger partial charge in [0.15, 0.2) is 5.16 Å². The number of aromatic nitrogens is 2. The fraction of sp³-hybridized carbons (Fsp3) is 0.320. The Morgan fingerprint density at radius 1 is 1.24 bits per heavy atom. The van der Waals surface area contributed by atoms with Crippen LogP contribution in [-0.4, -0.2) is 21.2 Å². The summed E-state index contributed by atoms with van der Waals surface area (Å²) in [7, 11) is 0. The van der Waals surface area contributed by atoms with Gasteiger partial charge in [-0.2, -0.15) is 0 Å². The third kappa shape index (κ3) is 4.50. The summed E-state index contributed by atoms with van der Waals surface area (Å²) >= 11 is 2.91. The monoisotopic (exact) mass is 479 g/mol. The summed E-state index contributed by atoms with van der Waals surface area (Å²) in [5, 5.41) is 4.25. The smallest absolute Gasteiger partial charge is 0.263 e. The molecule has 5 rings (SSSR count). The van der Waals surface area contributed by atoms with E-state index in [-0.39, 0.29) is 17.2 Å². The number of thioether (sulfide) groups is 1. The van der Waals surface area contributed by atoms with Crippen molar-refractivity contribution in [2.45, 2.75) is 51.2 Å². The number of amides is 1. The van der Waals surface area contributed by atoms with E-state index < -0.39 is 0 Å². The van der Waals surface area contributed by atoms with Crippen LogP contribution in [0.2, 0.25) is 0 Å². The van der Waals surface area contributed by atoms with E-state index in [1.165, 1.54) is 16.6 Å². The van der Waals surface area contributed by atoms with Gasteiger partial charge in [0.05, 0.1) is 23.9 Å². The van der Waals surface area contributed by atoms with Crippen molar-refractivity contribution < 1.29 is 9.21 Å². The Labute approximate surface area is 200 Å². The van der Waals surface area contributed by atoms with Gasteiger partial charge < -0.3 is 9.73 Å². The lowest BCUT2D eigenvalue weighted by Crippen LogP contribution is -2.25. The number of anilines is 1. The Hall–Kier alpha value is -2.84. The third-order valence-electron chi connectivity index (χ3n) is 5.92. The van der Waals surface area contributed by atoms with Crippen LogP contribution >= 0.6 is 23.1 Å². The summed E-state index contributed by atoms with van der Waals surface area (Å²) in [4.78, 5) is 33.2. The minimum Gasteiger partial charge on any atom is -0.467 e. The first-order valence-electron chi connectivity index (χ1n) is 11.1. The molecule has 3 aromatic heterocycles. The van der Waals surface area contributed by atoms with E-state index >= 15 is 0 Å². The zero-order valence-corrected chi connectivity index (χ0v) is 20.3. The number of furan rings is 1. The SMILES string of the molecule is Cc1ccc(NC(=O)CSc2nc3sc4c(c3c(=O)n2Cc2ccco2)CCCC4)c(C)c1. The number of hydrogen-bond acceptors (Lipinski definition) is 6. The highest BCUT2D eigenvalue weighted by Gasteiger charge is 2.23. The Bertz CT molecular complexity index is 1390. The lowest BCUT2D eigenvalue weighted by Gasteiger charge is -2.13. The molecule has 3 heterocycles. The van der Waals surface area contributed by atoms with E-state index in [1.807, 2.05) is 44.2 Å². The van der Waals surface area contributed by atoms with E-state index in [2.05, 4.69) is 5.32 Å². The van der Waals surface area contributed by atoms with Crippen molar-refractivity contribution in [3.63, 3.8) is 0 Å². The molecule has 0 atom stereocenters. The van der Waals surface area contributed by atoms with E-state index in [0.29, 0.717) is 17.5 Å². The van der Waals surface area contributed by atoms with E-state index in [1.54, 1.807) is 22.2 Å². The molecule has 8 heteroatoms. The fourth-order valence-electron chi connectivity index (χ4n) is 4.30. The number of thiophene rings is 1. The second-order valence-corrected chi connectivity index (χ2v) is 10.4. The molecule has 0 saturated heterocycles. The first kappa shape index (κ1) is 22.0. The molecular formula is C25H25N3O3S2.